The minimum Gasteiger partial charge on any atom is -0.439 e. The molecular formula is C22H28N4O3. The number of ether oxygens (including phenoxy) is 1. The van der Waals surface area contributed by atoms with Crippen molar-refractivity contribution in [2.75, 3.05) is 5.32 Å². The van der Waals surface area contributed by atoms with Crippen LogP contribution >= 0.6 is 0 Å². The van der Waals surface area contributed by atoms with Gasteiger partial charge in [-0.2, -0.15) is 0 Å². The molecule has 7 heteroatoms. The van der Waals surface area contributed by atoms with E-state index in [0.29, 0.717) is 11.6 Å². The Kier molecular flexibility index (Phi) is 7.05. The highest BCUT2D eigenvalue weighted by molar-refractivity contribution is 5.98. The number of nitrogens with one attached hydrogen (secondary N) is 3. The minimum atomic E-state index is -0.558. The molecule has 1 unspecified atom stereocenters. The zero-order valence-electron chi connectivity index (χ0n) is 16.9. The van der Waals surface area contributed by atoms with Crippen LogP contribution in [0.3, 0.4) is 0 Å². The molecule has 3 amide bonds. The van der Waals surface area contributed by atoms with Gasteiger partial charge >= 0.3 is 6.03 Å². The number of hydrogen-bond acceptors (Lipinski definition) is 5. The molecule has 3 rings (SSSR count). The van der Waals surface area contributed by atoms with Crippen LogP contribution in [0.15, 0.2) is 42.6 Å². The number of anilines is 1. The van der Waals surface area contributed by atoms with E-state index in [-0.39, 0.29) is 11.9 Å². The molecule has 0 bridgehead atoms. The van der Waals surface area contributed by atoms with E-state index >= 15 is 0 Å². The van der Waals surface area contributed by atoms with E-state index in [9.17, 15) is 9.59 Å². The predicted molar refractivity (Wildman–Crippen MR) is 112 cm³/mol. The Morgan fingerprint density at radius 1 is 1.07 bits per heavy atom. The molecular weight excluding hydrogens is 368 g/mol. The zero-order chi connectivity index (χ0) is 20.6. The Balaban J connectivity index is 1.46. The Morgan fingerprint density at radius 3 is 2.45 bits per heavy atom. The van der Waals surface area contributed by atoms with E-state index in [1.807, 2.05) is 31.2 Å². The van der Waals surface area contributed by atoms with E-state index in [1.165, 1.54) is 6.42 Å². The molecule has 0 radical (unpaired) electrons. The van der Waals surface area contributed by atoms with E-state index in [0.717, 1.165) is 36.9 Å². The van der Waals surface area contributed by atoms with Gasteiger partial charge in [0.25, 0.3) is 0 Å². The van der Waals surface area contributed by atoms with Crippen LogP contribution in [0.5, 0.6) is 11.6 Å². The summed E-state index contributed by atoms with van der Waals surface area (Å²) in [4.78, 5) is 28.5. The number of rotatable bonds is 6. The molecule has 2 aromatic rings. The standard InChI is InChI=1S/C22H28N4O3/c1-15-8-13-20(23-14-15)29-19-11-9-18(10-12-19)24-16(2)21(27)26-22(28)25-17-6-4-3-5-7-17/h8-14,16-17,24H,3-7H2,1-2H3,(H2,25,26,27,28). The van der Waals surface area contributed by atoms with Crippen LogP contribution in [0.4, 0.5) is 10.5 Å². The summed E-state index contributed by atoms with van der Waals surface area (Å²) in [6.07, 6.45) is 7.15. The van der Waals surface area contributed by atoms with E-state index in [1.54, 1.807) is 25.3 Å². The van der Waals surface area contributed by atoms with Crippen molar-refractivity contribution in [2.24, 2.45) is 0 Å². The molecule has 0 saturated heterocycles. The van der Waals surface area contributed by atoms with Crippen molar-refractivity contribution in [1.82, 2.24) is 15.6 Å². The number of carbonyl (C=O) groups excluding carboxylic acids is 2. The number of hydrogen-bond donors (Lipinski definition) is 3. The maximum Gasteiger partial charge on any atom is 0.321 e. The summed E-state index contributed by atoms with van der Waals surface area (Å²) < 4.78 is 5.69. The third-order valence-corrected chi connectivity index (χ3v) is 4.91. The normalized spacial score (nSPS) is 15.2. The first kappa shape index (κ1) is 20.6. The van der Waals surface area contributed by atoms with Gasteiger partial charge in [-0.15, -0.1) is 0 Å². The Labute approximate surface area is 171 Å². The van der Waals surface area contributed by atoms with Gasteiger partial charge in [0.05, 0.1) is 0 Å². The number of urea groups is 1. The van der Waals surface area contributed by atoms with Crippen molar-refractivity contribution in [3.8, 4) is 11.6 Å². The first-order chi connectivity index (χ1) is 14.0. The Hall–Kier alpha value is -3.09. The number of aryl methyl sites for hydroxylation is 1. The predicted octanol–water partition coefficient (Wildman–Crippen LogP) is 4.14. The fourth-order valence-corrected chi connectivity index (χ4v) is 3.26. The second-order valence-corrected chi connectivity index (χ2v) is 7.46. The van der Waals surface area contributed by atoms with Crippen LogP contribution < -0.4 is 20.7 Å². The molecule has 1 atom stereocenters. The highest BCUT2D eigenvalue weighted by Crippen LogP contribution is 2.22. The summed E-state index contributed by atoms with van der Waals surface area (Å²) >= 11 is 0. The number of benzene rings is 1. The van der Waals surface area contributed by atoms with Gasteiger partial charge in [-0.05, 0) is 56.5 Å². The number of pyridine rings is 1. The van der Waals surface area contributed by atoms with Crippen molar-refractivity contribution in [3.05, 3.63) is 48.2 Å². The molecule has 1 aromatic heterocycles. The van der Waals surface area contributed by atoms with Gasteiger partial charge in [-0.3, -0.25) is 10.1 Å². The van der Waals surface area contributed by atoms with Gasteiger partial charge in [0, 0.05) is 24.0 Å². The first-order valence-corrected chi connectivity index (χ1v) is 10.1. The molecule has 0 aliphatic heterocycles. The van der Waals surface area contributed by atoms with Gasteiger partial charge in [-0.25, -0.2) is 9.78 Å². The lowest BCUT2D eigenvalue weighted by Crippen LogP contribution is -2.49. The lowest BCUT2D eigenvalue weighted by molar-refractivity contribution is -0.120. The van der Waals surface area contributed by atoms with Gasteiger partial charge in [0.1, 0.15) is 11.8 Å². The van der Waals surface area contributed by atoms with Crippen molar-refractivity contribution in [3.63, 3.8) is 0 Å². The number of aromatic nitrogens is 1. The molecule has 1 heterocycles. The molecule has 1 aliphatic carbocycles. The summed E-state index contributed by atoms with van der Waals surface area (Å²) in [6, 6.07) is 10.1. The summed E-state index contributed by atoms with van der Waals surface area (Å²) in [7, 11) is 0. The molecule has 1 fully saturated rings. The van der Waals surface area contributed by atoms with Crippen molar-refractivity contribution < 1.29 is 14.3 Å². The molecule has 3 N–H and O–H groups in total. The third-order valence-electron chi connectivity index (χ3n) is 4.91. The van der Waals surface area contributed by atoms with Crippen LogP contribution in [0.1, 0.15) is 44.6 Å². The van der Waals surface area contributed by atoms with Gasteiger partial charge < -0.3 is 15.4 Å². The van der Waals surface area contributed by atoms with Crippen molar-refractivity contribution in [2.45, 2.75) is 58.0 Å². The average molecular weight is 396 g/mol. The fraction of sp³-hybridized carbons (Fsp3) is 0.409. The third kappa shape index (κ3) is 6.48. The van der Waals surface area contributed by atoms with E-state index < -0.39 is 12.1 Å². The number of amides is 3. The van der Waals surface area contributed by atoms with Gasteiger partial charge in [0.15, 0.2) is 0 Å². The highest BCUT2D eigenvalue weighted by atomic mass is 16.5. The monoisotopic (exact) mass is 396 g/mol. The zero-order valence-corrected chi connectivity index (χ0v) is 16.9. The molecule has 0 spiro atoms. The second-order valence-electron chi connectivity index (χ2n) is 7.46. The minimum absolute atomic E-state index is 0.162. The average Bonchev–Trinajstić information content (AvgIpc) is 2.71. The molecule has 1 aromatic carbocycles. The summed E-state index contributed by atoms with van der Waals surface area (Å²) in [5.41, 5.74) is 1.82. The highest BCUT2D eigenvalue weighted by Gasteiger charge is 2.19. The van der Waals surface area contributed by atoms with Crippen LogP contribution in [0.25, 0.3) is 0 Å². The first-order valence-electron chi connectivity index (χ1n) is 10.1. The molecule has 29 heavy (non-hydrogen) atoms. The topological polar surface area (TPSA) is 92.4 Å². The number of carbonyl (C=O) groups is 2. The fourth-order valence-electron chi connectivity index (χ4n) is 3.26. The summed E-state index contributed by atoms with van der Waals surface area (Å²) in [5, 5.41) is 8.38. The van der Waals surface area contributed by atoms with Crippen LogP contribution in [0.2, 0.25) is 0 Å². The largest absolute Gasteiger partial charge is 0.439 e. The second kappa shape index (κ2) is 9.91. The van der Waals surface area contributed by atoms with Gasteiger partial charge in [-0.1, -0.05) is 25.3 Å². The summed E-state index contributed by atoms with van der Waals surface area (Å²) in [5.74, 6) is 0.798. The SMILES string of the molecule is Cc1ccc(Oc2ccc(NC(C)C(=O)NC(=O)NC3CCCCC3)cc2)nc1. The molecule has 1 aliphatic rings. The number of nitrogens with zero attached hydrogens (tertiary/aromatic N) is 1. The lowest BCUT2D eigenvalue weighted by atomic mass is 9.96. The van der Waals surface area contributed by atoms with Gasteiger partial charge in [0.2, 0.25) is 11.8 Å². The van der Waals surface area contributed by atoms with E-state index in [4.69, 9.17) is 4.74 Å². The quantitative estimate of drug-likeness (QED) is 0.682. The molecule has 7 nitrogen and oxygen atoms in total. The molecule has 154 valence electrons. The van der Waals surface area contributed by atoms with Crippen molar-refractivity contribution in [1.29, 1.82) is 0 Å². The molecule has 1 saturated carbocycles. The Bertz CT molecular complexity index is 815. The Morgan fingerprint density at radius 2 is 1.79 bits per heavy atom. The van der Waals surface area contributed by atoms with Crippen LogP contribution in [0, 0.1) is 6.92 Å². The lowest BCUT2D eigenvalue weighted by Gasteiger charge is -2.23. The van der Waals surface area contributed by atoms with E-state index in [2.05, 4.69) is 20.9 Å². The smallest absolute Gasteiger partial charge is 0.321 e. The van der Waals surface area contributed by atoms with Crippen molar-refractivity contribution >= 4 is 17.6 Å². The summed E-state index contributed by atoms with van der Waals surface area (Å²) in [6.45, 7) is 3.68. The maximum atomic E-state index is 12.3. The van der Waals surface area contributed by atoms with Crippen LogP contribution in [-0.4, -0.2) is 29.0 Å². The maximum absolute atomic E-state index is 12.3. The van der Waals surface area contributed by atoms with Crippen LogP contribution in [-0.2, 0) is 4.79 Å². The number of imide groups is 1.